The highest BCUT2D eigenvalue weighted by atomic mass is 16.5. The summed E-state index contributed by atoms with van der Waals surface area (Å²) in [5.74, 6) is 1.84. The van der Waals surface area contributed by atoms with Crippen LogP contribution in [0, 0.1) is 5.92 Å². The van der Waals surface area contributed by atoms with Crippen molar-refractivity contribution in [3.05, 3.63) is 108 Å². The molecule has 6 nitrogen and oxygen atoms in total. The Morgan fingerprint density at radius 3 is 1.98 bits per heavy atom. The van der Waals surface area contributed by atoms with Crippen LogP contribution in [0.2, 0.25) is 0 Å². The zero-order chi connectivity index (χ0) is 27.1. The Bertz CT molecular complexity index is 1350. The summed E-state index contributed by atoms with van der Waals surface area (Å²) in [6.07, 6.45) is 2.27. The van der Waals surface area contributed by atoms with E-state index < -0.39 is 0 Å². The Balaban J connectivity index is 1.14. The fraction of sp³-hybridized carbons (Fsp3) is 0.324. The smallest absolute Gasteiger partial charge is 0.225 e. The van der Waals surface area contributed by atoms with E-state index in [1.807, 2.05) is 60.7 Å². The maximum absolute atomic E-state index is 9.56. The molecule has 0 unspecified atom stereocenters. The lowest BCUT2D eigenvalue weighted by Gasteiger charge is -2.41. The number of nitrogens with zero attached hydrogens (tertiary/aromatic N) is 3. The molecule has 206 valence electrons. The van der Waals surface area contributed by atoms with Crippen molar-refractivity contribution in [1.82, 2.24) is 9.88 Å². The molecule has 2 aliphatic rings. The molecule has 2 saturated heterocycles. The van der Waals surface area contributed by atoms with Crippen molar-refractivity contribution in [3.63, 3.8) is 0 Å². The number of pyridine rings is 1. The van der Waals surface area contributed by atoms with Gasteiger partial charge in [0.25, 0.3) is 0 Å². The minimum Gasteiger partial charge on any atom is -0.473 e. The first-order valence-corrected chi connectivity index (χ1v) is 14.3. The van der Waals surface area contributed by atoms with Crippen molar-refractivity contribution in [3.8, 4) is 22.9 Å². The van der Waals surface area contributed by atoms with Gasteiger partial charge in [-0.05, 0) is 53.6 Å². The predicted octanol–water partition coefficient (Wildman–Crippen LogP) is 5.80. The van der Waals surface area contributed by atoms with Crippen LogP contribution in [0.3, 0.4) is 0 Å². The number of aliphatic hydroxyl groups excluding tert-OH is 1. The van der Waals surface area contributed by atoms with Gasteiger partial charge in [-0.3, -0.25) is 4.90 Å². The van der Waals surface area contributed by atoms with Gasteiger partial charge in [-0.2, -0.15) is 4.98 Å². The highest BCUT2D eigenvalue weighted by Crippen LogP contribution is 2.33. The van der Waals surface area contributed by atoms with Gasteiger partial charge in [-0.1, -0.05) is 72.8 Å². The van der Waals surface area contributed by atoms with E-state index in [0.29, 0.717) is 25.0 Å². The molecular formula is C34H37N3O3. The topological polar surface area (TPSA) is 58.1 Å². The average Bonchev–Trinajstić information content (AvgIpc) is 3.00. The van der Waals surface area contributed by atoms with E-state index >= 15 is 0 Å². The number of hydrogen-bond donors (Lipinski definition) is 1. The number of piperidine rings is 1. The molecule has 6 heteroatoms. The zero-order valence-corrected chi connectivity index (χ0v) is 22.9. The number of anilines is 1. The lowest BCUT2D eigenvalue weighted by Crippen LogP contribution is -2.53. The number of likely N-dealkylation sites (tertiary alicyclic amines) is 1. The molecule has 0 amide bonds. The summed E-state index contributed by atoms with van der Waals surface area (Å²) in [6.45, 7) is 5.83. The van der Waals surface area contributed by atoms with Crippen molar-refractivity contribution in [2.24, 2.45) is 5.92 Å². The Labute approximate surface area is 236 Å². The number of rotatable bonds is 10. The highest BCUT2D eigenvalue weighted by Gasteiger charge is 2.28. The van der Waals surface area contributed by atoms with E-state index in [0.717, 1.165) is 60.9 Å². The highest BCUT2D eigenvalue weighted by molar-refractivity contribution is 5.71. The number of β-amino-alcohol motifs (C(OH)–C–C–N with tert-alkyl or cyclic N) is 1. The molecule has 0 saturated carbocycles. The van der Waals surface area contributed by atoms with Crippen LogP contribution < -0.4 is 14.4 Å². The van der Waals surface area contributed by atoms with Crippen LogP contribution in [0.1, 0.15) is 24.0 Å². The average molecular weight is 536 g/mol. The lowest BCUT2D eigenvalue weighted by molar-refractivity contribution is -0.00836. The van der Waals surface area contributed by atoms with Gasteiger partial charge in [0, 0.05) is 50.0 Å². The molecular weight excluding hydrogens is 498 g/mol. The van der Waals surface area contributed by atoms with E-state index in [1.165, 1.54) is 18.5 Å². The number of hydrogen-bond acceptors (Lipinski definition) is 6. The maximum Gasteiger partial charge on any atom is 0.225 e. The lowest BCUT2D eigenvalue weighted by atomic mass is 9.94. The molecule has 1 N–H and O–H groups in total. The normalized spacial score (nSPS) is 16.5. The SMILES string of the molecule is OC1CN(CC2CCN(c3ccc(-c4ccc(OCc5ccccc5)nc4OCc4ccccc4)cc3)CC2)C1. The van der Waals surface area contributed by atoms with Gasteiger partial charge >= 0.3 is 0 Å². The first-order valence-electron chi connectivity index (χ1n) is 14.3. The Kier molecular flexibility index (Phi) is 8.26. The van der Waals surface area contributed by atoms with Crippen LogP contribution in [0.5, 0.6) is 11.8 Å². The molecule has 0 atom stereocenters. The van der Waals surface area contributed by atoms with Crippen molar-refractivity contribution in [2.75, 3.05) is 37.6 Å². The van der Waals surface area contributed by atoms with E-state index in [1.54, 1.807) is 0 Å². The van der Waals surface area contributed by atoms with Crippen LogP contribution >= 0.6 is 0 Å². The van der Waals surface area contributed by atoms with Crippen molar-refractivity contribution < 1.29 is 14.6 Å². The summed E-state index contributed by atoms with van der Waals surface area (Å²) in [7, 11) is 0. The van der Waals surface area contributed by atoms with Crippen LogP contribution in [0.25, 0.3) is 11.1 Å². The second kappa shape index (κ2) is 12.5. The molecule has 2 fully saturated rings. The van der Waals surface area contributed by atoms with Gasteiger partial charge in [0.15, 0.2) is 0 Å². The quantitative estimate of drug-likeness (QED) is 0.277. The van der Waals surface area contributed by atoms with Gasteiger partial charge in [0.2, 0.25) is 11.8 Å². The van der Waals surface area contributed by atoms with Gasteiger partial charge in [-0.25, -0.2) is 0 Å². The molecule has 0 radical (unpaired) electrons. The third-order valence-corrected chi connectivity index (χ3v) is 7.89. The summed E-state index contributed by atoms with van der Waals surface area (Å²) in [4.78, 5) is 9.63. The third kappa shape index (κ3) is 6.64. The van der Waals surface area contributed by atoms with Crippen LogP contribution in [-0.2, 0) is 13.2 Å². The van der Waals surface area contributed by atoms with Crippen LogP contribution in [-0.4, -0.2) is 53.8 Å². The van der Waals surface area contributed by atoms with Crippen LogP contribution in [0.4, 0.5) is 5.69 Å². The molecule has 0 aliphatic carbocycles. The fourth-order valence-corrected chi connectivity index (χ4v) is 5.57. The maximum atomic E-state index is 9.56. The van der Waals surface area contributed by atoms with E-state index in [2.05, 4.69) is 46.2 Å². The molecule has 0 bridgehead atoms. The minimum absolute atomic E-state index is 0.115. The standard InChI is InChI=1S/C34H37N3O3/c38-31-22-36(23-31)21-26-17-19-37(20-18-26)30-13-11-29(12-14-30)32-15-16-33(39-24-27-7-3-1-4-8-27)35-34(32)40-25-28-9-5-2-6-10-28/h1-16,26,31,38H,17-25H2. The molecule has 3 aromatic carbocycles. The minimum atomic E-state index is -0.115. The molecule has 1 aromatic heterocycles. The molecule has 0 spiro atoms. The monoisotopic (exact) mass is 535 g/mol. The molecule has 3 heterocycles. The largest absolute Gasteiger partial charge is 0.473 e. The first kappa shape index (κ1) is 26.4. The van der Waals surface area contributed by atoms with Crippen LogP contribution in [0.15, 0.2) is 97.1 Å². The molecule has 40 heavy (non-hydrogen) atoms. The molecule has 4 aromatic rings. The summed E-state index contributed by atoms with van der Waals surface area (Å²) >= 11 is 0. The Hall–Kier alpha value is -3.87. The number of aliphatic hydroxyl groups is 1. The van der Waals surface area contributed by atoms with Gasteiger partial charge in [0.1, 0.15) is 13.2 Å². The second-order valence-electron chi connectivity index (χ2n) is 10.9. The van der Waals surface area contributed by atoms with E-state index in [4.69, 9.17) is 14.5 Å². The van der Waals surface area contributed by atoms with Gasteiger partial charge in [0.05, 0.1) is 6.10 Å². The van der Waals surface area contributed by atoms with Gasteiger partial charge < -0.3 is 19.5 Å². The Morgan fingerprint density at radius 1 is 0.725 bits per heavy atom. The van der Waals surface area contributed by atoms with Crippen molar-refractivity contribution in [2.45, 2.75) is 32.2 Å². The molecule has 6 rings (SSSR count). The first-order chi connectivity index (χ1) is 19.7. The zero-order valence-electron chi connectivity index (χ0n) is 22.9. The summed E-state index contributed by atoms with van der Waals surface area (Å²) in [6, 6.07) is 33.0. The van der Waals surface area contributed by atoms with Gasteiger partial charge in [-0.15, -0.1) is 0 Å². The fourth-order valence-electron chi connectivity index (χ4n) is 5.57. The number of benzene rings is 3. The number of ether oxygens (including phenoxy) is 2. The second-order valence-corrected chi connectivity index (χ2v) is 10.9. The van der Waals surface area contributed by atoms with Crippen molar-refractivity contribution in [1.29, 1.82) is 0 Å². The summed E-state index contributed by atoms with van der Waals surface area (Å²) in [5.41, 5.74) is 5.46. The predicted molar refractivity (Wildman–Crippen MR) is 159 cm³/mol. The van der Waals surface area contributed by atoms with Crippen molar-refractivity contribution >= 4 is 5.69 Å². The summed E-state index contributed by atoms with van der Waals surface area (Å²) in [5, 5.41) is 9.56. The van der Waals surface area contributed by atoms with E-state index in [-0.39, 0.29) is 6.10 Å². The Morgan fingerprint density at radius 2 is 1.35 bits per heavy atom. The third-order valence-electron chi connectivity index (χ3n) is 7.89. The summed E-state index contributed by atoms with van der Waals surface area (Å²) < 4.78 is 12.3. The number of aromatic nitrogens is 1. The van der Waals surface area contributed by atoms with E-state index in [9.17, 15) is 5.11 Å². The molecule has 2 aliphatic heterocycles.